The van der Waals surface area contributed by atoms with Gasteiger partial charge in [0, 0.05) is 12.7 Å². The van der Waals surface area contributed by atoms with Crippen LogP contribution >= 0.6 is 0 Å². The molecule has 32 heavy (non-hydrogen) atoms. The maximum atomic E-state index is 13.2. The number of fused-ring (bicyclic) bond motifs is 1. The number of nitriles is 1. The van der Waals surface area contributed by atoms with Crippen LogP contribution in [0, 0.1) is 11.3 Å². The summed E-state index contributed by atoms with van der Waals surface area (Å²) < 4.78 is 7.28. The molecule has 3 aromatic rings. The number of pyridine rings is 1. The summed E-state index contributed by atoms with van der Waals surface area (Å²) in [6.45, 7) is 10.1. The largest absolute Gasteiger partial charge is 0.438 e. The second-order valence-electron chi connectivity index (χ2n) is 8.11. The van der Waals surface area contributed by atoms with Crippen LogP contribution in [0.25, 0.3) is 11.7 Å². The lowest BCUT2D eigenvalue weighted by Crippen LogP contribution is -2.25. The lowest BCUT2D eigenvalue weighted by molar-refractivity contribution is -0.116. The molecule has 1 aromatic carbocycles. The molecule has 1 N–H and O–H groups in total. The predicted molar refractivity (Wildman–Crippen MR) is 123 cm³/mol. The molecule has 0 aliphatic carbocycles. The monoisotopic (exact) mass is 428 g/mol. The van der Waals surface area contributed by atoms with E-state index in [1.54, 1.807) is 36.5 Å². The smallest absolute Gasteiger partial charge is 0.269 e. The molecule has 3 rings (SSSR count). The number of nitrogens with one attached hydrogen (secondary N) is 1. The maximum absolute atomic E-state index is 13.2. The number of aromatic nitrogens is 2. The van der Waals surface area contributed by atoms with Gasteiger partial charge in [0.15, 0.2) is 0 Å². The summed E-state index contributed by atoms with van der Waals surface area (Å²) in [4.78, 5) is 29.9. The van der Waals surface area contributed by atoms with E-state index in [0.29, 0.717) is 11.4 Å². The fourth-order valence-corrected chi connectivity index (χ4v) is 2.97. The number of amides is 1. The average Bonchev–Trinajstić information content (AvgIpc) is 2.77. The van der Waals surface area contributed by atoms with Crippen LogP contribution in [-0.4, -0.2) is 21.8 Å². The molecule has 0 fully saturated rings. The number of nitrogens with zero attached hydrogens (tertiary/aromatic N) is 3. The fraction of sp³-hybridized carbons (Fsp3) is 0.200. The maximum Gasteiger partial charge on any atom is 0.269 e. The van der Waals surface area contributed by atoms with E-state index in [-0.39, 0.29) is 29.0 Å². The molecular weight excluding hydrogens is 404 g/mol. The Morgan fingerprint density at radius 1 is 1.25 bits per heavy atom. The van der Waals surface area contributed by atoms with Gasteiger partial charge in [0.25, 0.3) is 11.5 Å². The molecule has 0 atom stereocenters. The summed E-state index contributed by atoms with van der Waals surface area (Å²) in [6.07, 6.45) is 4.26. The van der Waals surface area contributed by atoms with Crippen molar-refractivity contribution in [1.82, 2.24) is 14.7 Å². The van der Waals surface area contributed by atoms with Gasteiger partial charge in [-0.05, 0) is 41.3 Å². The van der Waals surface area contributed by atoms with Crippen LogP contribution in [0.4, 0.5) is 0 Å². The molecule has 0 bridgehead atoms. The van der Waals surface area contributed by atoms with Crippen LogP contribution in [0.1, 0.15) is 31.9 Å². The normalized spacial score (nSPS) is 11.6. The van der Waals surface area contributed by atoms with Gasteiger partial charge < -0.3 is 10.1 Å². The molecule has 7 nitrogen and oxygen atoms in total. The van der Waals surface area contributed by atoms with E-state index in [0.717, 1.165) is 5.56 Å². The quantitative estimate of drug-likeness (QED) is 0.364. The number of carbonyl (C=O) groups excluding carboxylic acids is 1. The highest BCUT2D eigenvalue weighted by molar-refractivity contribution is 6.02. The Labute approximate surface area is 186 Å². The minimum Gasteiger partial charge on any atom is -0.438 e. The molecule has 7 heteroatoms. The van der Waals surface area contributed by atoms with Crippen LogP contribution < -0.4 is 15.6 Å². The van der Waals surface area contributed by atoms with Crippen molar-refractivity contribution in [2.45, 2.75) is 26.2 Å². The van der Waals surface area contributed by atoms with Gasteiger partial charge in [-0.15, -0.1) is 6.58 Å². The number of ether oxygens (including phenoxy) is 1. The molecule has 0 spiro atoms. The lowest BCUT2D eigenvalue weighted by Gasteiger charge is -2.19. The first kappa shape index (κ1) is 22.5. The Kier molecular flexibility index (Phi) is 6.55. The minimum absolute atomic E-state index is 0.00102. The first-order valence-electron chi connectivity index (χ1n) is 10.1. The lowest BCUT2D eigenvalue weighted by atomic mass is 9.87. The Bertz CT molecular complexity index is 1290. The van der Waals surface area contributed by atoms with Crippen molar-refractivity contribution in [2.24, 2.45) is 0 Å². The molecular formula is C25H24N4O3. The van der Waals surface area contributed by atoms with E-state index in [9.17, 15) is 14.9 Å². The van der Waals surface area contributed by atoms with E-state index in [4.69, 9.17) is 4.74 Å². The van der Waals surface area contributed by atoms with E-state index < -0.39 is 11.5 Å². The zero-order valence-electron chi connectivity index (χ0n) is 18.3. The van der Waals surface area contributed by atoms with Gasteiger partial charge in [0.1, 0.15) is 28.6 Å². The van der Waals surface area contributed by atoms with Gasteiger partial charge >= 0.3 is 0 Å². The zero-order valence-corrected chi connectivity index (χ0v) is 18.3. The van der Waals surface area contributed by atoms with Crippen molar-refractivity contribution in [1.29, 1.82) is 5.26 Å². The fourth-order valence-electron chi connectivity index (χ4n) is 2.97. The highest BCUT2D eigenvalue weighted by atomic mass is 16.5. The standard InChI is InChI=1S/C25H24N4O3/c1-5-13-27-22(30)17(16-26)15-20-23(28-21-8-6-7-14-29(21)24(20)31)32-19-11-9-18(10-12-19)25(2,3)4/h5-12,14-15H,1,13H2,2-4H3,(H,27,30)/b17-15+. The Morgan fingerprint density at radius 2 is 1.97 bits per heavy atom. The number of hydrogen-bond donors (Lipinski definition) is 1. The third kappa shape index (κ3) is 4.93. The summed E-state index contributed by atoms with van der Waals surface area (Å²) >= 11 is 0. The molecule has 162 valence electrons. The molecule has 0 unspecified atom stereocenters. The van der Waals surface area contributed by atoms with Crippen LogP contribution in [0.2, 0.25) is 0 Å². The first-order valence-corrected chi connectivity index (χ1v) is 10.1. The van der Waals surface area contributed by atoms with E-state index in [1.165, 1.54) is 16.6 Å². The number of hydrogen-bond acceptors (Lipinski definition) is 5. The van der Waals surface area contributed by atoms with Gasteiger partial charge in [0.05, 0.1) is 0 Å². The van der Waals surface area contributed by atoms with E-state index in [1.807, 2.05) is 18.2 Å². The summed E-state index contributed by atoms with van der Waals surface area (Å²) in [7, 11) is 0. The van der Waals surface area contributed by atoms with E-state index >= 15 is 0 Å². The number of benzene rings is 1. The Morgan fingerprint density at radius 3 is 2.59 bits per heavy atom. The van der Waals surface area contributed by atoms with Crippen molar-refractivity contribution in [3.63, 3.8) is 0 Å². The number of rotatable bonds is 6. The van der Waals surface area contributed by atoms with Gasteiger partial charge in [-0.25, -0.2) is 0 Å². The third-order valence-corrected chi connectivity index (χ3v) is 4.73. The SMILES string of the molecule is C=CCNC(=O)/C(C#N)=C/c1c(Oc2ccc(C(C)(C)C)cc2)nc2ccccn2c1=O. The van der Waals surface area contributed by atoms with Crippen molar-refractivity contribution in [3.8, 4) is 17.7 Å². The van der Waals surface area contributed by atoms with Gasteiger partial charge in [-0.3, -0.25) is 14.0 Å². The molecule has 0 saturated heterocycles. The molecule has 1 amide bonds. The Balaban J connectivity index is 2.12. The Hall–Kier alpha value is -4.18. The molecule has 2 heterocycles. The summed E-state index contributed by atoms with van der Waals surface area (Å²) in [5.41, 5.74) is 0.787. The molecule has 0 radical (unpaired) electrons. The number of carbonyl (C=O) groups is 1. The van der Waals surface area contributed by atoms with Gasteiger partial charge in [0.2, 0.25) is 5.88 Å². The van der Waals surface area contributed by atoms with Crippen LogP contribution in [0.15, 0.2) is 71.7 Å². The zero-order chi connectivity index (χ0) is 23.3. The molecule has 2 aromatic heterocycles. The molecule has 0 aliphatic rings. The molecule has 0 aliphatic heterocycles. The predicted octanol–water partition coefficient (Wildman–Crippen LogP) is 3.99. The second kappa shape index (κ2) is 9.31. The average molecular weight is 428 g/mol. The van der Waals surface area contributed by atoms with Crippen molar-refractivity contribution < 1.29 is 9.53 Å². The topological polar surface area (TPSA) is 96.5 Å². The second-order valence-corrected chi connectivity index (χ2v) is 8.11. The third-order valence-electron chi connectivity index (χ3n) is 4.73. The highest BCUT2D eigenvalue weighted by Gasteiger charge is 2.18. The van der Waals surface area contributed by atoms with Crippen LogP contribution in [-0.2, 0) is 10.2 Å². The minimum atomic E-state index is -0.620. The highest BCUT2D eigenvalue weighted by Crippen LogP contribution is 2.28. The first-order chi connectivity index (χ1) is 15.2. The van der Waals surface area contributed by atoms with Crippen molar-refractivity contribution >= 4 is 17.6 Å². The van der Waals surface area contributed by atoms with E-state index in [2.05, 4.69) is 37.7 Å². The van der Waals surface area contributed by atoms with Gasteiger partial charge in [-0.2, -0.15) is 10.2 Å². The van der Waals surface area contributed by atoms with Crippen LogP contribution in [0.5, 0.6) is 11.6 Å². The summed E-state index contributed by atoms with van der Waals surface area (Å²) in [5.74, 6) is -0.131. The van der Waals surface area contributed by atoms with Crippen molar-refractivity contribution in [2.75, 3.05) is 6.54 Å². The van der Waals surface area contributed by atoms with Crippen LogP contribution in [0.3, 0.4) is 0 Å². The van der Waals surface area contributed by atoms with Gasteiger partial charge in [-0.1, -0.05) is 45.0 Å². The van der Waals surface area contributed by atoms with Crippen molar-refractivity contribution in [3.05, 3.63) is 88.4 Å². The summed E-state index contributed by atoms with van der Waals surface area (Å²) in [6, 6.07) is 14.4. The molecule has 0 saturated carbocycles. The summed E-state index contributed by atoms with van der Waals surface area (Å²) in [5, 5.41) is 12.0.